The van der Waals surface area contributed by atoms with Gasteiger partial charge in [0.2, 0.25) is 0 Å². The molecule has 0 aliphatic carbocycles. The Morgan fingerprint density at radius 1 is 0.405 bits per heavy atom. The number of benzene rings is 4. The van der Waals surface area contributed by atoms with E-state index in [9.17, 15) is 9.59 Å². The summed E-state index contributed by atoms with van der Waals surface area (Å²) in [6.07, 6.45) is 0. The number of carbonyl (C=O) groups excluding carboxylic acids is 2. The fourth-order valence-electron chi connectivity index (χ4n) is 8.56. The zero-order valence-corrected chi connectivity index (χ0v) is 46.5. The van der Waals surface area contributed by atoms with Crippen LogP contribution >= 0.6 is 22.7 Å². The van der Waals surface area contributed by atoms with Gasteiger partial charge in [0, 0.05) is 0 Å². The van der Waals surface area contributed by atoms with Crippen LogP contribution in [-0.2, 0) is 7.06 Å². The van der Waals surface area contributed by atoms with Crippen LogP contribution in [0.3, 0.4) is 0 Å². The van der Waals surface area contributed by atoms with Crippen molar-refractivity contribution in [3.63, 3.8) is 0 Å². The first kappa shape index (κ1) is 47.5. The van der Waals surface area contributed by atoms with E-state index >= 15 is 0 Å². The van der Waals surface area contributed by atoms with Crippen molar-refractivity contribution < 1.29 is 49.7 Å². The molecule has 8 heterocycles. The third kappa shape index (κ3) is 9.39. The molecule has 4 aromatic carbocycles. The van der Waals surface area contributed by atoms with Crippen LogP contribution in [0.1, 0.15) is 42.1 Å². The van der Waals surface area contributed by atoms with Crippen molar-refractivity contribution in [2.45, 2.75) is 27.7 Å². The topological polar surface area (TPSA) is 178 Å². The summed E-state index contributed by atoms with van der Waals surface area (Å²) in [7, 11) is 0. The van der Waals surface area contributed by atoms with Gasteiger partial charge < -0.3 is 0 Å². The standard InChI is InChI=1S/C14H10O8S2.4C10H9NO.2Ga/c15-13(16)11-7-5(19-1-3-21-7)9(23-11)10-6-8(22-4-2-20-6)12(24-10)14(17)18;4*1-7-5-6-8-3-2-4-9(12)10(8)11-7;;/h1-4H2,(H,15,16)(H,17,18);4*2-6,12H,1H3;;/q;;;;;2*+3/p-6. The molecule has 16 nitrogen and oxygen atoms in total. The van der Waals surface area contributed by atoms with Gasteiger partial charge in [0.1, 0.15) is 0 Å². The number of para-hydroxylation sites is 4. The molecule has 74 heavy (non-hydrogen) atoms. The van der Waals surface area contributed by atoms with Crippen LogP contribution in [0, 0.1) is 27.7 Å². The van der Waals surface area contributed by atoms with Gasteiger partial charge in [0.25, 0.3) is 0 Å². The van der Waals surface area contributed by atoms with Gasteiger partial charge in [-0.2, -0.15) is 0 Å². The summed E-state index contributed by atoms with van der Waals surface area (Å²) < 4.78 is 64.0. The average molecular weight is 1140 g/mol. The van der Waals surface area contributed by atoms with Crippen molar-refractivity contribution in [2.75, 3.05) is 26.4 Å². The van der Waals surface area contributed by atoms with E-state index < -0.39 is 46.6 Å². The number of rotatable bonds is 13. The van der Waals surface area contributed by atoms with E-state index in [1.54, 1.807) is 24.3 Å². The minimum atomic E-state index is -4.21. The van der Waals surface area contributed by atoms with E-state index in [0.29, 0.717) is 54.8 Å². The predicted molar refractivity (Wildman–Crippen MR) is 280 cm³/mol. The fourth-order valence-corrected chi connectivity index (χ4v) is 16.4. The van der Waals surface area contributed by atoms with Gasteiger partial charge in [-0.05, 0) is 0 Å². The van der Waals surface area contributed by atoms with Crippen molar-refractivity contribution in [1.29, 1.82) is 0 Å². The van der Waals surface area contributed by atoms with Gasteiger partial charge in [-0.3, -0.25) is 0 Å². The summed E-state index contributed by atoms with van der Waals surface area (Å²) in [5.41, 5.74) is 5.51. The first-order chi connectivity index (χ1) is 36.1. The Morgan fingerprint density at radius 2 is 0.689 bits per heavy atom. The molecule has 366 valence electrons. The predicted octanol–water partition coefficient (Wildman–Crippen LogP) is 11.0. The van der Waals surface area contributed by atoms with E-state index in [-0.39, 0.29) is 59.2 Å². The Balaban J connectivity index is 0.895. The quantitative estimate of drug-likeness (QED) is 0.0995. The number of hydrogen-bond acceptors (Lipinski definition) is 18. The summed E-state index contributed by atoms with van der Waals surface area (Å²) in [6.45, 7) is 8.27. The molecule has 0 spiro atoms. The molecular formula is C54H40Ga2N4O12S2. The first-order valence-electron chi connectivity index (χ1n) is 23.5. The molecule has 10 aromatic rings. The molecule has 2 aliphatic heterocycles. The van der Waals surface area contributed by atoms with Crippen molar-refractivity contribution in [3.05, 3.63) is 154 Å². The van der Waals surface area contributed by atoms with Gasteiger partial charge in [0.05, 0.1) is 0 Å². The van der Waals surface area contributed by atoms with Crippen LogP contribution in [-0.4, -0.2) is 92.9 Å². The van der Waals surface area contributed by atoms with Gasteiger partial charge in [0.15, 0.2) is 0 Å². The van der Waals surface area contributed by atoms with E-state index in [1.807, 2.05) is 125 Å². The van der Waals surface area contributed by atoms with Crippen molar-refractivity contribution >= 4 is 113 Å². The van der Waals surface area contributed by atoms with Gasteiger partial charge >= 0.3 is 446 Å². The maximum atomic E-state index is 14.8. The van der Waals surface area contributed by atoms with Crippen LogP contribution in [0.15, 0.2) is 121 Å². The number of fused-ring (bicyclic) bond motifs is 6. The van der Waals surface area contributed by atoms with Crippen LogP contribution < -0.4 is 33.1 Å². The summed E-state index contributed by atoms with van der Waals surface area (Å²) in [5, 5.41) is 3.36. The summed E-state index contributed by atoms with van der Waals surface area (Å²) >= 11 is -6.29. The third-order valence-electron chi connectivity index (χ3n) is 12.0. The normalized spacial score (nSPS) is 12.6. The molecule has 0 unspecified atom stereocenters. The molecule has 0 atom stereocenters. The number of thiophene rings is 2. The Bertz CT molecular complexity index is 3450. The average Bonchev–Trinajstić information content (AvgIpc) is 3.99. The third-order valence-corrected chi connectivity index (χ3v) is 19.8. The fraction of sp³-hybridized carbons (Fsp3) is 0.148. The van der Waals surface area contributed by atoms with E-state index in [4.69, 9.17) is 60.1 Å². The molecule has 0 saturated carbocycles. The Kier molecular flexibility index (Phi) is 12.9. The Hall–Kier alpha value is -7.47. The number of nitrogens with zero attached hydrogens (tertiary/aromatic N) is 4. The first-order valence-corrected chi connectivity index (χ1v) is 31.1. The molecule has 0 bridgehead atoms. The van der Waals surface area contributed by atoms with Gasteiger partial charge in [-0.15, -0.1) is 0 Å². The van der Waals surface area contributed by atoms with Crippen molar-refractivity contribution in [2.24, 2.45) is 0 Å². The minimum absolute atomic E-state index is 0.0917. The van der Waals surface area contributed by atoms with Crippen LogP contribution in [0.2, 0.25) is 0 Å². The molecule has 6 aromatic heterocycles. The second kappa shape index (κ2) is 20.1. The summed E-state index contributed by atoms with van der Waals surface area (Å²) in [4.78, 5) is 49.6. The van der Waals surface area contributed by atoms with Crippen LogP contribution in [0.5, 0.6) is 46.0 Å². The van der Waals surface area contributed by atoms with Crippen LogP contribution in [0.4, 0.5) is 0 Å². The molecule has 0 amide bonds. The van der Waals surface area contributed by atoms with E-state index in [0.717, 1.165) is 67.0 Å². The van der Waals surface area contributed by atoms with E-state index in [1.165, 1.54) is 0 Å². The zero-order valence-electron chi connectivity index (χ0n) is 40.0. The Labute approximate surface area is 443 Å². The number of hydrogen-bond donors (Lipinski definition) is 0. The molecule has 2 aliphatic rings. The Morgan fingerprint density at radius 3 is 0.986 bits per heavy atom. The van der Waals surface area contributed by atoms with Crippen molar-refractivity contribution in [1.82, 2.24) is 19.9 Å². The summed E-state index contributed by atoms with van der Waals surface area (Å²) in [6, 6.07) is 37.7. The maximum absolute atomic E-state index is 14.8. The number of pyridine rings is 4. The van der Waals surface area contributed by atoms with E-state index in [2.05, 4.69) is 0 Å². The molecule has 0 fully saturated rings. The number of aryl methyl sites for hydroxylation is 4. The second-order valence-corrected chi connectivity index (χ2v) is 24.6. The van der Waals surface area contributed by atoms with Crippen LogP contribution in [0.25, 0.3) is 53.4 Å². The molecule has 0 N–H and O–H groups in total. The molecular weight excluding hydrogens is 1100 g/mol. The molecule has 12 rings (SSSR count). The van der Waals surface area contributed by atoms with Gasteiger partial charge in [-0.1, -0.05) is 0 Å². The van der Waals surface area contributed by atoms with Crippen molar-refractivity contribution in [3.8, 4) is 55.8 Å². The van der Waals surface area contributed by atoms with Gasteiger partial charge in [-0.25, -0.2) is 0 Å². The SMILES string of the molecule is Cc1ccc2cccc([O][Ga]([O]C(=O)c3sc(-c4sc(C(=O)[O][Ga]([O]c5cccc6ccc(C)nc56)[O]c5cccc6ccc(C)nc56)c5c4OCCO5)c4c3OCCO4)[O]c3cccc4ccc(C)nc34)c2n1. The molecule has 20 heteroatoms. The number of aromatic nitrogens is 4. The number of ether oxygens (including phenoxy) is 4. The zero-order chi connectivity index (χ0) is 50.5. The molecule has 0 radical (unpaired) electrons. The monoisotopic (exact) mass is 1140 g/mol. The summed E-state index contributed by atoms with van der Waals surface area (Å²) in [5.74, 6) is 0.985. The number of carbonyl (C=O) groups is 2. The second-order valence-electron chi connectivity index (χ2n) is 17.2. The molecule has 0 saturated heterocycles.